The zero-order valence-corrected chi connectivity index (χ0v) is 15.7. The van der Waals surface area contributed by atoms with Gasteiger partial charge in [0.1, 0.15) is 23.0 Å². The third-order valence-corrected chi connectivity index (χ3v) is 5.15. The molecule has 29 heavy (non-hydrogen) atoms. The third kappa shape index (κ3) is 2.42. The molecule has 0 amide bonds. The van der Waals surface area contributed by atoms with E-state index in [9.17, 15) is 9.59 Å². The van der Waals surface area contributed by atoms with E-state index in [4.69, 9.17) is 18.9 Å². The number of methoxy groups -OCH3 is 1. The molecule has 0 aliphatic carbocycles. The van der Waals surface area contributed by atoms with Gasteiger partial charge in [-0.3, -0.25) is 4.79 Å². The van der Waals surface area contributed by atoms with Crippen LogP contribution in [0.25, 0.3) is 0 Å². The number of rotatable bonds is 2. The number of esters is 2. The third-order valence-electron chi connectivity index (χ3n) is 5.15. The van der Waals surface area contributed by atoms with Gasteiger partial charge in [-0.05, 0) is 30.3 Å². The highest BCUT2D eigenvalue weighted by Crippen LogP contribution is 2.56. The highest BCUT2D eigenvalue weighted by molar-refractivity contribution is 5.97. The number of benzene rings is 3. The van der Waals surface area contributed by atoms with Gasteiger partial charge in [-0.25, -0.2) is 4.79 Å². The summed E-state index contributed by atoms with van der Waals surface area (Å²) in [6, 6.07) is 17.7. The van der Waals surface area contributed by atoms with Crippen LogP contribution in [0, 0.1) is 0 Å². The predicted octanol–water partition coefficient (Wildman–Crippen LogP) is 4.19. The summed E-state index contributed by atoms with van der Waals surface area (Å²) in [4.78, 5) is 24.1. The molecule has 1 spiro atoms. The fourth-order valence-corrected chi connectivity index (χ4v) is 3.99. The molecule has 2 aliphatic rings. The molecule has 1 unspecified atom stereocenters. The minimum atomic E-state index is -1.16. The zero-order valence-electron chi connectivity index (χ0n) is 15.7. The van der Waals surface area contributed by atoms with Crippen molar-refractivity contribution in [2.75, 3.05) is 7.11 Å². The minimum absolute atomic E-state index is 0.343. The van der Waals surface area contributed by atoms with E-state index in [0.29, 0.717) is 39.7 Å². The maximum atomic E-state index is 12.7. The lowest BCUT2D eigenvalue weighted by Gasteiger charge is -2.36. The average molecular weight is 388 g/mol. The lowest BCUT2D eigenvalue weighted by Crippen LogP contribution is -2.33. The smallest absolute Gasteiger partial charge is 0.340 e. The van der Waals surface area contributed by atoms with Gasteiger partial charge in [0.15, 0.2) is 5.60 Å². The quantitative estimate of drug-likeness (QED) is 0.484. The summed E-state index contributed by atoms with van der Waals surface area (Å²) in [6.45, 7) is 1.33. The maximum Gasteiger partial charge on any atom is 0.340 e. The highest BCUT2D eigenvalue weighted by atomic mass is 16.6. The Morgan fingerprint density at radius 2 is 1.55 bits per heavy atom. The first-order valence-electron chi connectivity index (χ1n) is 9.05. The molecule has 0 saturated carbocycles. The van der Waals surface area contributed by atoms with E-state index in [1.807, 2.05) is 18.2 Å². The van der Waals surface area contributed by atoms with Crippen molar-refractivity contribution in [3.05, 3.63) is 82.9 Å². The van der Waals surface area contributed by atoms with Crippen LogP contribution in [0.2, 0.25) is 0 Å². The van der Waals surface area contributed by atoms with Crippen molar-refractivity contribution in [3.8, 4) is 23.0 Å². The number of hydrogen-bond donors (Lipinski definition) is 0. The van der Waals surface area contributed by atoms with E-state index >= 15 is 0 Å². The van der Waals surface area contributed by atoms with Gasteiger partial charge in [-0.1, -0.05) is 18.2 Å². The van der Waals surface area contributed by atoms with Gasteiger partial charge in [0.05, 0.1) is 12.7 Å². The molecule has 3 aromatic rings. The first-order valence-corrected chi connectivity index (χ1v) is 9.05. The van der Waals surface area contributed by atoms with E-state index in [0.717, 1.165) is 5.56 Å². The summed E-state index contributed by atoms with van der Waals surface area (Å²) in [7, 11) is 1.57. The number of carbonyl (C=O) groups is 2. The molecule has 0 saturated heterocycles. The normalized spacial score (nSPS) is 18.2. The Balaban J connectivity index is 1.80. The zero-order chi connectivity index (χ0) is 20.2. The molecule has 2 aliphatic heterocycles. The molecule has 0 bridgehead atoms. The SMILES string of the molecule is COc1ccc2c(c1)Oc1cc(OC(C)=O)ccc1C21OC(=O)c2ccccc21. The second-order valence-corrected chi connectivity index (χ2v) is 6.83. The van der Waals surface area contributed by atoms with Crippen molar-refractivity contribution in [1.29, 1.82) is 0 Å². The van der Waals surface area contributed by atoms with Crippen LogP contribution in [0.4, 0.5) is 0 Å². The second kappa shape index (κ2) is 6.10. The Kier molecular flexibility index (Phi) is 3.64. The van der Waals surface area contributed by atoms with Gasteiger partial charge >= 0.3 is 11.9 Å². The van der Waals surface area contributed by atoms with Gasteiger partial charge in [0, 0.05) is 35.7 Å². The summed E-state index contributed by atoms with van der Waals surface area (Å²) >= 11 is 0. The van der Waals surface area contributed by atoms with Crippen LogP contribution in [-0.2, 0) is 15.1 Å². The monoisotopic (exact) mass is 388 g/mol. The molecule has 1 atom stereocenters. The molecule has 3 aromatic carbocycles. The number of fused-ring (bicyclic) bond motifs is 6. The standard InChI is InChI=1S/C23H16O6/c1-13(24)27-15-8-10-19-21(12-15)28-20-11-14(26-2)7-9-18(20)23(19)17-6-4-3-5-16(17)22(25)29-23/h3-12H,1-2H3. The van der Waals surface area contributed by atoms with Gasteiger partial charge in [0.25, 0.3) is 0 Å². The first-order chi connectivity index (χ1) is 14.0. The highest BCUT2D eigenvalue weighted by Gasteiger charge is 2.53. The Morgan fingerprint density at radius 1 is 0.897 bits per heavy atom. The number of ether oxygens (including phenoxy) is 4. The van der Waals surface area contributed by atoms with Crippen LogP contribution >= 0.6 is 0 Å². The summed E-state index contributed by atoms with van der Waals surface area (Å²) in [5.74, 6) is 1.05. The van der Waals surface area contributed by atoms with Crippen LogP contribution in [0.5, 0.6) is 23.0 Å². The van der Waals surface area contributed by atoms with E-state index in [1.54, 1.807) is 49.6 Å². The van der Waals surface area contributed by atoms with Gasteiger partial charge in [0.2, 0.25) is 0 Å². The molecule has 6 nitrogen and oxygen atoms in total. The second-order valence-electron chi connectivity index (χ2n) is 6.83. The van der Waals surface area contributed by atoms with Gasteiger partial charge in [-0.15, -0.1) is 0 Å². The molecular weight excluding hydrogens is 372 g/mol. The summed E-state index contributed by atoms with van der Waals surface area (Å²) in [6.07, 6.45) is 0. The van der Waals surface area contributed by atoms with Crippen molar-refractivity contribution in [1.82, 2.24) is 0 Å². The molecule has 0 radical (unpaired) electrons. The average Bonchev–Trinajstić information content (AvgIpc) is 3.00. The Morgan fingerprint density at radius 3 is 2.24 bits per heavy atom. The Labute approximate surface area is 166 Å². The predicted molar refractivity (Wildman–Crippen MR) is 103 cm³/mol. The van der Waals surface area contributed by atoms with Crippen molar-refractivity contribution < 1.29 is 28.5 Å². The fraction of sp³-hybridized carbons (Fsp3) is 0.130. The van der Waals surface area contributed by atoms with Crippen molar-refractivity contribution in [3.63, 3.8) is 0 Å². The van der Waals surface area contributed by atoms with Gasteiger partial charge < -0.3 is 18.9 Å². The fourth-order valence-electron chi connectivity index (χ4n) is 3.99. The molecule has 6 heteroatoms. The Bertz CT molecular complexity index is 1180. The van der Waals surface area contributed by atoms with E-state index in [-0.39, 0.29) is 0 Å². The molecule has 0 aromatic heterocycles. The van der Waals surface area contributed by atoms with E-state index in [2.05, 4.69) is 0 Å². The topological polar surface area (TPSA) is 71.1 Å². The lowest BCUT2D eigenvalue weighted by molar-refractivity contribution is -0.131. The Hall–Kier alpha value is -3.80. The summed E-state index contributed by atoms with van der Waals surface area (Å²) in [5.41, 5.74) is 1.44. The van der Waals surface area contributed by atoms with Gasteiger partial charge in [-0.2, -0.15) is 0 Å². The van der Waals surface area contributed by atoms with Crippen LogP contribution in [0.1, 0.15) is 34.0 Å². The first kappa shape index (κ1) is 17.3. The molecular formula is C23H16O6. The molecule has 5 rings (SSSR count). The van der Waals surface area contributed by atoms with Crippen LogP contribution in [-0.4, -0.2) is 19.0 Å². The largest absolute Gasteiger partial charge is 0.497 e. The molecule has 0 N–H and O–H groups in total. The minimum Gasteiger partial charge on any atom is -0.497 e. The van der Waals surface area contributed by atoms with Crippen molar-refractivity contribution >= 4 is 11.9 Å². The molecule has 144 valence electrons. The van der Waals surface area contributed by atoms with E-state index in [1.165, 1.54) is 6.92 Å². The number of hydrogen-bond acceptors (Lipinski definition) is 6. The summed E-state index contributed by atoms with van der Waals surface area (Å²) in [5, 5.41) is 0. The lowest BCUT2D eigenvalue weighted by atomic mass is 9.77. The van der Waals surface area contributed by atoms with Crippen molar-refractivity contribution in [2.45, 2.75) is 12.5 Å². The van der Waals surface area contributed by atoms with Crippen LogP contribution in [0.15, 0.2) is 60.7 Å². The molecule has 2 heterocycles. The van der Waals surface area contributed by atoms with Crippen molar-refractivity contribution in [2.24, 2.45) is 0 Å². The van der Waals surface area contributed by atoms with Crippen LogP contribution in [0.3, 0.4) is 0 Å². The maximum absolute atomic E-state index is 12.7. The summed E-state index contributed by atoms with van der Waals surface area (Å²) < 4.78 is 22.7. The number of carbonyl (C=O) groups excluding carboxylic acids is 2. The molecule has 0 fully saturated rings. The van der Waals surface area contributed by atoms with Crippen LogP contribution < -0.4 is 14.2 Å². The van der Waals surface area contributed by atoms with E-state index < -0.39 is 17.5 Å².